The van der Waals surface area contributed by atoms with Crippen molar-refractivity contribution in [3.63, 3.8) is 0 Å². The first-order valence-corrected chi connectivity index (χ1v) is 6.72. The minimum absolute atomic E-state index is 0.204. The number of carbonyl (C=O) groups excluding carboxylic acids is 1. The first-order valence-electron chi connectivity index (χ1n) is 5.84. The van der Waals surface area contributed by atoms with Crippen molar-refractivity contribution in [3.05, 3.63) is 21.9 Å². The molecule has 1 amide bonds. The highest BCUT2D eigenvalue weighted by Crippen LogP contribution is 2.48. The van der Waals surface area contributed by atoms with Crippen molar-refractivity contribution in [2.75, 3.05) is 13.1 Å². The van der Waals surface area contributed by atoms with E-state index in [1.54, 1.807) is 0 Å². The smallest absolute Gasteiger partial charge is 0.231 e. The number of amides is 1. The molecule has 1 fully saturated rings. The van der Waals surface area contributed by atoms with Gasteiger partial charge in [-0.3, -0.25) is 9.69 Å². The number of primary amides is 1. The van der Waals surface area contributed by atoms with Gasteiger partial charge in [0.25, 0.3) is 0 Å². The summed E-state index contributed by atoms with van der Waals surface area (Å²) in [5.41, 5.74) is 6.78. The van der Waals surface area contributed by atoms with Crippen LogP contribution in [0.2, 0.25) is 0 Å². The van der Waals surface area contributed by atoms with Gasteiger partial charge in [0.15, 0.2) is 0 Å². The first-order chi connectivity index (χ1) is 7.75. The molecule has 1 aromatic rings. The fraction of sp³-hybridized carbons (Fsp3) is 0.583. The standard InChI is InChI=1S/C12H16N2OS/c13-11(15)7-14-5-3-10-9(4-6-16-10)12(14)8-1-2-8/h4,6,8,12H,1-3,5,7H2,(H2,13,15). The Kier molecular flexibility index (Phi) is 2.48. The molecule has 1 aliphatic carbocycles. The lowest BCUT2D eigenvalue weighted by Crippen LogP contribution is -2.41. The molecule has 3 rings (SSSR count). The molecule has 2 aliphatic rings. The quantitative estimate of drug-likeness (QED) is 0.865. The van der Waals surface area contributed by atoms with Crippen LogP contribution in [0, 0.1) is 5.92 Å². The van der Waals surface area contributed by atoms with Crippen molar-refractivity contribution < 1.29 is 4.79 Å². The molecule has 1 aliphatic heterocycles. The number of rotatable bonds is 3. The number of nitrogens with zero attached hydrogens (tertiary/aromatic N) is 1. The maximum atomic E-state index is 11.1. The van der Waals surface area contributed by atoms with E-state index in [-0.39, 0.29) is 5.91 Å². The lowest BCUT2D eigenvalue weighted by molar-refractivity contribution is -0.119. The molecule has 1 aromatic heterocycles. The van der Waals surface area contributed by atoms with Gasteiger partial charge in [-0.2, -0.15) is 0 Å². The van der Waals surface area contributed by atoms with Gasteiger partial charge in [0.2, 0.25) is 5.91 Å². The molecule has 0 aromatic carbocycles. The molecule has 0 spiro atoms. The Balaban J connectivity index is 1.88. The lowest BCUT2D eigenvalue weighted by atomic mass is 9.96. The second-order valence-corrected chi connectivity index (χ2v) is 5.77. The molecule has 86 valence electrons. The Morgan fingerprint density at radius 3 is 3.06 bits per heavy atom. The van der Waals surface area contributed by atoms with Crippen LogP contribution < -0.4 is 5.73 Å². The highest BCUT2D eigenvalue weighted by Gasteiger charge is 2.40. The van der Waals surface area contributed by atoms with Gasteiger partial charge in [0.1, 0.15) is 0 Å². The lowest BCUT2D eigenvalue weighted by Gasteiger charge is -2.35. The summed E-state index contributed by atoms with van der Waals surface area (Å²) >= 11 is 1.85. The van der Waals surface area contributed by atoms with Crippen LogP contribution in [0.3, 0.4) is 0 Å². The molecular weight excluding hydrogens is 220 g/mol. The van der Waals surface area contributed by atoms with Gasteiger partial charge in [-0.05, 0) is 42.2 Å². The number of hydrogen-bond donors (Lipinski definition) is 1. The molecule has 0 saturated heterocycles. The van der Waals surface area contributed by atoms with Crippen LogP contribution in [0.1, 0.15) is 29.3 Å². The summed E-state index contributed by atoms with van der Waals surface area (Å²) in [7, 11) is 0. The van der Waals surface area contributed by atoms with Gasteiger partial charge >= 0.3 is 0 Å². The fourth-order valence-corrected chi connectivity index (χ4v) is 3.65. The van der Waals surface area contributed by atoms with E-state index in [0.29, 0.717) is 12.6 Å². The Morgan fingerprint density at radius 2 is 2.38 bits per heavy atom. The highest BCUT2D eigenvalue weighted by atomic mass is 32.1. The second-order valence-electron chi connectivity index (χ2n) is 4.77. The van der Waals surface area contributed by atoms with Gasteiger partial charge in [0, 0.05) is 17.5 Å². The van der Waals surface area contributed by atoms with Crippen LogP contribution in [0.4, 0.5) is 0 Å². The van der Waals surface area contributed by atoms with Gasteiger partial charge in [0.05, 0.1) is 6.54 Å². The molecule has 0 bridgehead atoms. The normalized spacial score (nSPS) is 25.4. The number of thiophene rings is 1. The van der Waals surface area contributed by atoms with E-state index >= 15 is 0 Å². The van der Waals surface area contributed by atoms with Gasteiger partial charge < -0.3 is 5.73 Å². The predicted molar refractivity (Wildman–Crippen MR) is 64.3 cm³/mol. The molecule has 1 atom stereocenters. The summed E-state index contributed by atoms with van der Waals surface area (Å²) in [6.45, 7) is 1.40. The van der Waals surface area contributed by atoms with E-state index in [0.717, 1.165) is 18.9 Å². The van der Waals surface area contributed by atoms with Crippen LogP contribution in [0.15, 0.2) is 11.4 Å². The van der Waals surface area contributed by atoms with Gasteiger partial charge in [-0.25, -0.2) is 0 Å². The van der Waals surface area contributed by atoms with Crippen molar-refractivity contribution in [2.45, 2.75) is 25.3 Å². The van der Waals surface area contributed by atoms with E-state index in [1.807, 2.05) is 11.3 Å². The van der Waals surface area contributed by atoms with E-state index in [2.05, 4.69) is 16.3 Å². The zero-order valence-corrected chi connectivity index (χ0v) is 10.0. The summed E-state index contributed by atoms with van der Waals surface area (Å²) in [4.78, 5) is 14.9. The highest BCUT2D eigenvalue weighted by molar-refractivity contribution is 7.10. The molecule has 4 heteroatoms. The Labute approximate surface area is 99.2 Å². The molecule has 1 unspecified atom stereocenters. The van der Waals surface area contributed by atoms with E-state index < -0.39 is 0 Å². The zero-order chi connectivity index (χ0) is 11.1. The van der Waals surface area contributed by atoms with Gasteiger partial charge in [-0.15, -0.1) is 11.3 Å². The summed E-state index contributed by atoms with van der Waals surface area (Å²) in [6, 6.07) is 2.69. The Bertz CT molecular complexity index is 411. The molecule has 3 nitrogen and oxygen atoms in total. The molecular formula is C12H16N2OS. The second kappa shape index (κ2) is 3.86. The largest absolute Gasteiger partial charge is 0.369 e. The third kappa shape index (κ3) is 1.76. The minimum atomic E-state index is -0.204. The molecule has 2 N–H and O–H groups in total. The summed E-state index contributed by atoms with van der Waals surface area (Å²) < 4.78 is 0. The Morgan fingerprint density at radius 1 is 1.56 bits per heavy atom. The number of hydrogen-bond acceptors (Lipinski definition) is 3. The van der Waals surface area contributed by atoms with Gasteiger partial charge in [-0.1, -0.05) is 0 Å². The van der Waals surface area contributed by atoms with Crippen molar-refractivity contribution in [1.82, 2.24) is 4.90 Å². The van der Waals surface area contributed by atoms with E-state index in [1.165, 1.54) is 23.3 Å². The van der Waals surface area contributed by atoms with Crippen LogP contribution in [-0.2, 0) is 11.2 Å². The van der Waals surface area contributed by atoms with E-state index in [9.17, 15) is 4.79 Å². The number of nitrogens with two attached hydrogens (primary N) is 1. The van der Waals surface area contributed by atoms with Crippen LogP contribution >= 0.6 is 11.3 Å². The summed E-state index contributed by atoms with van der Waals surface area (Å²) in [5.74, 6) is 0.553. The van der Waals surface area contributed by atoms with Crippen LogP contribution in [0.25, 0.3) is 0 Å². The third-order valence-corrected chi connectivity index (χ3v) is 4.54. The predicted octanol–water partition coefficient (Wildman–Crippen LogP) is 1.54. The SMILES string of the molecule is NC(=O)CN1CCc2sccc2C1C1CC1. The molecule has 16 heavy (non-hydrogen) atoms. The number of fused-ring (bicyclic) bond motifs is 1. The van der Waals surface area contributed by atoms with Crippen molar-refractivity contribution in [2.24, 2.45) is 11.7 Å². The molecule has 0 radical (unpaired) electrons. The average molecular weight is 236 g/mol. The van der Waals surface area contributed by atoms with Crippen molar-refractivity contribution in [3.8, 4) is 0 Å². The monoisotopic (exact) mass is 236 g/mol. The fourth-order valence-electron chi connectivity index (χ4n) is 2.74. The first kappa shape index (κ1) is 10.3. The van der Waals surface area contributed by atoms with Crippen molar-refractivity contribution in [1.29, 1.82) is 0 Å². The summed E-state index contributed by atoms with van der Waals surface area (Å²) in [5, 5.41) is 2.17. The Hall–Kier alpha value is -0.870. The van der Waals surface area contributed by atoms with E-state index in [4.69, 9.17) is 5.73 Å². The topological polar surface area (TPSA) is 46.3 Å². The minimum Gasteiger partial charge on any atom is -0.369 e. The van der Waals surface area contributed by atoms with Crippen LogP contribution in [0.5, 0.6) is 0 Å². The number of carbonyl (C=O) groups is 1. The molecule has 1 saturated carbocycles. The summed E-state index contributed by atoms with van der Waals surface area (Å²) in [6.07, 6.45) is 3.67. The zero-order valence-electron chi connectivity index (χ0n) is 9.19. The average Bonchev–Trinajstić information content (AvgIpc) is 2.94. The third-order valence-electron chi connectivity index (χ3n) is 3.55. The van der Waals surface area contributed by atoms with Crippen LogP contribution in [-0.4, -0.2) is 23.9 Å². The molecule has 2 heterocycles. The van der Waals surface area contributed by atoms with Crippen molar-refractivity contribution >= 4 is 17.2 Å². The maximum absolute atomic E-state index is 11.1. The maximum Gasteiger partial charge on any atom is 0.231 e.